The fourth-order valence-corrected chi connectivity index (χ4v) is 2.28. The summed E-state index contributed by atoms with van der Waals surface area (Å²) in [6.07, 6.45) is 2.44. The number of furan rings is 1. The van der Waals surface area contributed by atoms with Crippen LogP contribution in [0.25, 0.3) is 0 Å². The molecule has 0 radical (unpaired) electrons. The smallest absolute Gasteiger partial charge is 0.374 e. The number of Topliss-reactive ketones (excluding diaryl/α,β-unsaturated/α-hetero) is 1. The van der Waals surface area contributed by atoms with E-state index in [2.05, 4.69) is 12.1 Å². The number of ketones is 1. The molecule has 0 fully saturated rings. The number of ether oxygens (including phenoxy) is 1. The molecule has 0 saturated heterocycles. The van der Waals surface area contributed by atoms with Crippen LogP contribution in [-0.2, 0) is 17.6 Å². The molecule has 0 N–H and O–H groups in total. The highest BCUT2D eigenvalue weighted by molar-refractivity contribution is 5.94. The lowest BCUT2D eigenvalue weighted by Gasteiger charge is -2.03. The Morgan fingerprint density at radius 3 is 2.50 bits per heavy atom. The highest BCUT2D eigenvalue weighted by Crippen LogP contribution is 2.20. The Morgan fingerprint density at radius 1 is 1.14 bits per heavy atom. The highest BCUT2D eigenvalue weighted by Gasteiger charge is 2.20. The molecule has 0 amide bonds. The van der Waals surface area contributed by atoms with Gasteiger partial charge in [-0.2, -0.15) is 0 Å². The van der Waals surface area contributed by atoms with Crippen molar-refractivity contribution < 1.29 is 18.7 Å². The van der Waals surface area contributed by atoms with Crippen molar-refractivity contribution in [2.75, 3.05) is 6.61 Å². The van der Waals surface area contributed by atoms with Gasteiger partial charge in [-0.05, 0) is 37.8 Å². The van der Waals surface area contributed by atoms with Crippen LogP contribution in [0.5, 0.6) is 0 Å². The molecule has 0 saturated carbocycles. The maximum absolute atomic E-state index is 11.9. The van der Waals surface area contributed by atoms with Crippen molar-refractivity contribution in [3.8, 4) is 0 Å². The zero-order valence-electron chi connectivity index (χ0n) is 12.9. The molecule has 22 heavy (non-hydrogen) atoms. The van der Waals surface area contributed by atoms with E-state index in [0.717, 1.165) is 18.4 Å². The molecular formula is C18H20O4. The Bertz CT molecular complexity index is 640. The van der Waals surface area contributed by atoms with Crippen molar-refractivity contribution in [2.24, 2.45) is 0 Å². The Kier molecular flexibility index (Phi) is 5.53. The fraction of sp³-hybridized carbons (Fsp3) is 0.333. The number of benzene rings is 1. The van der Waals surface area contributed by atoms with Gasteiger partial charge in [-0.1, -0.05) is 30.3 Å². The van der Waals surface area contributed by atoms with Gasteiger partial charge in [-0.15, -0.1) is 0 Å². The second kappa shape index (κ2) is 7.59. The van der Waals surface area contributed by atoms with E-state index in [4.69, 9.17) is 9.15 Å². The van der Waals surface area contributed by atoms with Crippen molar-refractivity contribution in [2.45, 2.75) is 33.1 Å². The first-order valence-corrected chi connectivity index (χ1v) is 7.46. The standard InChI is InChI=1S/C18H20O4/c1-3-21-18(20)17-15(12-16(22-17)13(2)19)11-7-10-14-8-5-4-6-9-14/h4-6,8-9,12H,3,7,10-11H2,1-2H3. The molecule has 0 atom stereocenters. The fourth-order valence-electron chi connectivity index (χ4n) is 2.28. The zero-order valence-corrected chi connectivity index (χ0v) is 12.9. The Balaban J connectivity index is 2.08. The van der Waals surface area contributed by atoms with Gasteiger partial charge in [0.15, 0.2) is 11.5 Å². The molecule has 1 aromatic heterocycles. The van der Waals surface area contributed by atoms with Crippen molar-refractivity contribution in [3.05, 3.63) is 59.0 Å². The normalized spacial score (nSPS) is 10.5. The van der Waals surface area contributed by atoms with E-state index in [-0.39, 0.29) is 23.9 Å². The van der Waals surface area contributed by atoms with E-state index < -0.39 is 5.97 Å². The predicted octanol–water partition coefficient (Wildman–Crippen LogP) is 3.83. The first-order chi connectivity index (χ1) is 10.6. The van der Waals surface area contributed by atoms with E-state index in [0.29, 0.717) is 6.42 Å². The Morgan fingerprint density at radius 2 is 1.86 bits per heavy atom. The Hall–Kier alpha value is -2.36. The lowest BCUT2D eigenvalue weighted by atomic mass is 10.0. The lowest BCUT2D eigenvalue weighted by Crippen LogP contribution is -2.06. The molecule has 0 aliphatic rings. The van der Waals surface area contributed by atoms with Crippen molar-refractivity contribution >= 4 is 11.8 Å². The SMILES string of the molecule is CCOC(=O)c1oc(C(C)=O)cc1CCCc1ccccc1. The molecule has 4 nitrogen and oxygen atoms in total. The third-order valence-electron chi connectivity index (χ3n) is 3.37. The average molecular weight is 300 g/mol. The van der Waals surface area contributed by atoms with Crippen LogP contribution in [0, 0.1) is 0 Å². The van der Waals surface area contributed by atoms with Gasteiger partial charge in [-0.3, -0.25) is 4.79 Å². The van der Waals surface area contributed by atoms with E-state index in [1.807, 2.05) is 18.2 Å². The molecule has 2 aromatic rings. The van der Waals surface area contributed by atoms with Crippen LogP contribution in [0.2, 0.25) is 0 Å². The van der Waals surface area contributed by atoms with Gasteiger partial charge in [-0.25, -0.2) is 4.79 Å². The van der Waals surface area contributed by atoms with Crippen molar-refractivity contribution in [1.82, 2.24) is 0 Å². The minimum absolute atomic E-state index is 0.153. The van der Waals surface area contributed by atoms with Crippen LogP contribution in [0.3, 0.4) is 0 Å². The van der Waals surface area contributed by atoms with Crippen LogP contribution >= 0.6 is 0 Å². The second-order valence-corrected chi connectivity index (χ2v) is 5.08. The van der Waals surface area contributed by atoms with E-state index >= 15 is 0 Å². The lowest BCUT2D eigenvalue weighted by molar-refractivity contribution is 0.0486. The van der Waals surface area contributed by atoms with Crippen molar-refractivity contribution in [1.29, 1.82) is 0 Å². The molecule has 1 heterocycles. The van der Waals surface area contributed by atoms with E-state index in [1.54, 1.807) is 13.0 Å². The molecule has 0 aliphatic heterocycles. The van der Waals surface area contributed by atoms with Crippen LogP contribution in [-0.4, -0.2) is 18.4 Å². The molecule has 2 rings (SSSR count). The predicted molar refractivity (Wildman–Crippen MR) is 83.1 cm³/mol. The summed E-state index contributed by atoms with van der Waals surface area (Å²) in [5.41, 5.74) is 1.98. The van der Waals surface area contributed by atoms with Gasteiger partial charge in [0, 0.05) is 12.5 Å². The molecule has 0 aliphatic carbocycles. The number of carbonyl (C=O) groups excluding carboxylic acids is 2. The minimum Gasteiger partial charge on any atom is -0.460 e. The first-order valence-electron chi connectivity index (χ1n) is 7.46. The topological polar surface area (TPSA) is 56.5 Å². The Labute approximate surface area is 130 Å². The van der Waals surface area contributed by atoms with Gasteiger partial charge in [0.05, 0.1) is 6.61 Å². The van der Waals surface area contributed by atoms with Gasteiger partial charge in [0.2, 0.25) is 5.76 Å². The summed E-state index contributed by atoms with van der Waals surface area (Å²) in [4.78, 5) is 23.3. The third kappa shape index (κ3) is 4.07. The second-order valence-electron chi connectivity index (χ2n) is 5.08. The maximum Gasteiger partial charge on any atom is 0.374 e. The molecular weight excluding hydrogens is 280 g/mol. The highest BCUT2D eigenvalue weighted by atomic mass is 16.5. The van der Waals surface area contributed by atoms with Crippen LogP contribution in [0.1, 0.15) is 52.5 Å². The third-order valence-corrected chi connectivity index (χ3v) is 3.37. The molecule has 116 valence electrons. The summed E-state index contributed by atoms with van der Waals surface area (Å²) in [6.45, 7) is 3.43. The number of rotatable bonds is 7. The monoisotopic (exact) mass is 300 g/mol. The summed E-state index contributed by atoms with van der Waals surface area (Å²) in [6, 6.07) is 11.8. The minimum atomic E-state index is -0.510. The number of hydrogen-bond acceptors (Lipinski definition) is 4. The summed E-state index contributed by atoms with van der Waals surface area (Å²) in [5.74, 6) is -0.345. The number of carbonyl (C=O) groups is 2. The first kappa shape index (κ1) is 16.0. The zero-order chi connectivity index (χ0) is 15.9. The molecule has 4 heteroatoms. The quantitative estimate of drug-likeness (QED) is 0.576. The molecule has 1 aromatic carbocycles. The summed E-state index contributed by atoms with van der Waals surface area (Å²) < 4.78 is 10.4. The van der Waals surface area contributed by atoms with Crippen LogP contribution in [0.4, 0.5) is 0 Å². The van der Waals surface area contributed by atoms with Gasteiger partial charge < -0.3 is 9.15 Å². The van der Waals surface area contributed by atoms with Gasteiger partial charge in [0.1, 0.15) is 0 Å². The molecule has 0 bridgehead atoms. The largest absolute Gasteiger partial charge is 0.460 e. The maximum atomic E-state index is 11.9. The number of hydrogen-bond donors (Lipinski definition) is 0. The van der Waals surface area contributed by atoms with Crippen LogP contribution < -0.4 is 0 Å². The van der Waals surface area contributed by atoms with E-state index in [1.165, 1.54) is 12.5 Å². The summed E-state index contributed by atoms with van der Waals surface area (Å²) in [5, 5.41) is 0. The number of esters is 1. The molecule has 0 unspecified atom stereocenters. The van der Waals surface area contributed by atoms with Gasteiger partial charge >= 0.3 is 5.97 Å². The summed E-state index contributed by atoms with van der Waals surface area (Å²) >= 11 is 0. The number of aryl methyl sites for hydroxylation is 2. The summed E-state index contributed by atoms with van der Waals surface area (Å²) in [7, 11) is 0. The average Bonchev–Trinajstić information content (AvgIpc) is 2.93. The van der Waals surface area contributed by atoms with Crippen molar-refractivity contribution in [3.63, 3.8) is 0 Å². The van der Waals surface area contributed by atoms with E-state index in [9.17, 15) is 9.59 Å². The molecule has 0 spiro atoms. The van der Waals surface area contributed by atoms with Gasteiger partial charge in [0.25, 0.3) is 0 Å². The van der Waals surface area contributed by atoms with Crippen LogP contribution in [0.15, 0.2) is 40.8 Å².